The first-order chi connectivity index (χ1) is 7.42. The van der Waals surface area contributed by atoms with Crippen molar-refractivity contribution < 1.29 is 17.9 Å². The molecule has 0 fully saturated rings. The van der Waals surface area contributed by atoms with Gasteiger partial charge >= 0.3 is 6.18 Å². The highest BCUT2D eigenvalue weighted by Gasteiger charge is 2.25. The maximum Gasteiger partial charge on any atom is 0.389 e. The maximum absolute atomic E-state index is 11.8. The van der Waals surface area contributed by atoms with Gasteiger partial charge in [0.2, 0.25) is 0 Å². The molecule has 0 aromatic carbocycles. The van der Waals surface area contributed by atoms with Gasteiger partial charge in [0, 0.05) is 19.6 Å². The van der Waals surface area contributed by atoms with Crippen LogP contribution in [0.5, 0.6) is 0 Å². The van der Waals surface area contributed by atoms with Gasteiger partial charge in [-0.3, -0.25) is 0 Å². The molecule has 0 atom stereocenters. The van der Waals surface area contributed by atoms with E-state index in [0.717, 1.165) is 19.6 Å². The van der Waals surface area contributed by atoms with Gasteiger partial charge in [-0.05, 0) is 31.8 Å². The highest BCUT2D eigenvalue weighted by Crippen LogP contribution is 2.20. The van der Waals surface area contributed by atoms with Crippen molar-refractivity contribution in [2.45, 2.75) is 39.3 Å². The summed E-state index contributed by atoms with van der Waals surface area (Å²) in [5.41, 5.74) is 0. The Bertz CT molecular complexity index is 160. The van der Waals surface area contributed by atoms with Gasteiger partial charge in [0.1, 0.15) is 0 Å². The zero-order valence-corrected chi connectivity index (χ0v) is 10.1. The minimum atomic E-state index is -4.03. The Morgan fingerprint density at radius 1 is 1.12 bits per heavy atom. The third kappa shape index (κ3) is 13.7. The van der Waals surface area contributed by atoms with E-state index in [1.165, 1.54) is 0 Å². The zero-order chi connectivity index (χ0) is 12.4. The molecule has 0 rings (SSSR count). The molecule has 0 aromatic rings. The summed E-state index contributed by atoms with van der Waals surface area (Å²) in [5, 5.41) is 2.97. The van der Waals surface area contributed by atoms with Crippen LogP contribution in [0.3, 0.4) is 0 Å². The Balaban J connectivity index is 3.05. The average Bonchev–Trinajstić information content (AvgIpc) is 2.13. The molecule has 16 heavy (non-hydrogen) atoms. The van der Waals surface area contributed by atoms with Gasteiger partial charge in [0.25, 0.3) is 0 Å². The first-order valence-corrected chi connectivity index (χ1v) is 5.77. The topological polar surface area (TPSA) is 21.3 Å². The molecule has 0 aliphatic carbocycles. The van der Waals surface area contributed by atoms with Crippen LogP contribution in [0.2, 0.25) is 0 Å². The molecule has 0 amide bonds. The molecule has 0 saturated heterocycles. The summed E-state index contributed by atoms with van der Waals surface area (Å²) in [6.07, 6.45) is -3.74. The molecule has 0 aromatic heterocycles. The normalized spacial score (nSPS) is 12.4. The standard InChI is InChI=1S/C11H22F3NO/c1-10(2)9-16-8-4-7-15-6-3-5-11(12,13)14/h10,15H,3-9H2,1-2H3. The van der Waals surface area contributed by atoms with E-state index in [1.807, 2.05) is 0 Å². The number of alkyl halides is 3. The lowest BCUT2D eigenvalue weighted by Crippen LogP contribution is -2.20. The van der Waals surface area contributed by atoms with E-state index in [0.29, 0.717) is 19.1 Å². The van der Waals surface area contributed by atoms with E-state index in [9.17, 15) is 13.2 Å². The van der Waals surface area contributed by atoms with Crippen molar-refractivity contribution in [3.63, 3.8) is 0 Å². The lowest BCUT2D eigenvalue weighted by Gasteiger charge is -2.08. The van der Waals surface area contributed by atoms with Crippen LogP contribution >= 0.6 is 0 Å². The summed E-state index contributed by atoms with van der Waals surface area (Å²) in [6.45, 7) is 6.71. The molecule has 2 nitrogen and oxygen atoms in total. The summed E-state index contributed by atoms with van der Waals surface area (Å²) >= 11 is 0. The fourth-order valence-electron chi connectivity index (χ4n) is 1.16. The van der Waals surface area contributed by atoms with Crippen LogP contribution in [0.1, 0.15) is 33.1 Å². The van der Waals surface area contributed by atoms with Crippen LogP contribution < -0.4 is 5.32 Å². The second-order valence-electron chi connectivity index (χ2n) is 4.29. The minimum Gasteiger partial charge on any atom is -0.381 e. The lowest BCUT2D eigenvalue weighted by atomic mass is 10.2. The first-order valence-electron chi connectivity index (χ1n) is 5.77. The van der Waals surface area contributed by atoms with E-state index in [-0.39, 0.29) is 6.42 Å². The van der Waals surface area contributed by atoms with E-state index in [4.69, 9.17) is 4.74 Å². The van der Waals surface area contributed by atoms with Crippen LogP contribution in [-0.4, -0.2) is 32.5 Å². The van der Waals surface area contributed by atoms with Gasteiger partial charge in [-0.2, -0.15) is 13.2 Å². The Labute approximate surface area is 95.5 Å². The molecule has 0 aliphatic rings. The monoisotopic (exact) mass is 241 g/mol. The summed E-state index contributed by atoms with van der Waals surface area (Å²) in [7, 11) is 0. The van der Waals surface area contributed by atoms with Crippen molar-refractivity contribution in [1.29, 1.82) is 0 Å². The van der Waals surface area contributed by atoms with Crippen molar-refractivity contribution in [3.05, 3.63) is 0 Å². The fraction of sp³-hybridized carbons (Fsp3) is 1.00. The van der Waals surface area contributed by atoms with Crippen LogP contribution in [0.15, 0.2) is 0 Å². The largest absolute Gasteiger partial charge is 0.389 e. The van der Waals surface area contributed by atoms with E-state index in [2.05, 4.69) is 19.2 Å². The molecule has 0 saturated carbocycles. The summed E-state index contributed by atoms with van der Waals surface area (Å²) in [6, 6.07) is 0. The molecule has 5 heteroatoms. The fourth-order valence-corrected chi connectivity index (χ4v) is 1.16. The number of hydrogen-bond donors (Lipinski definition) is 1. The van der Waals surface area contributed by atoms with Gasteiger partial charge in [-0.1, -0.05) is 13.8 Å². The molecule has 0 aliphatic heterocycles. The first kappa shape index (κ1) is 15.7. The van der Waals surface area contributed by atoms with Crippen molar-refractivity contribution in [1.82, 2.24) is 5.32 Å². The molecular weight excluding hydrogens is 219 g/mol. The van der Waals surface area contributed by atoms with Crippen molar-refractivity contribution in [2.75, 3.05) is 26.3 Å². The van der Waals surface area contributed by atoms with Crippen LogP contribution in [0.25, 0.3) is 0 Å². The quantitative estimate of drug-likeness (QED) is 0.627. The van der Waals surface area contributed by atoms with Crippen LogP contribution in [-0.2, 0) is 4.74 Å². The Kier molecular flexibility index (Phi) is 8.66. The smallest absolute Gasteiger partial charge is 0.381 e. The van der Waals surface area contributed by atoms with Gasteiger partial charge in [0.15, 0.2) is 0 Å². The third-order valence-electron chi connectivity index (χ3n) is 1.91. The molecule has 0 unspecified atom stereocenters. The van der Waals surface area contributed by atoms with E-state index < -0.39 is 12.6 Å². The number of halogens is 3. The van der Waals surface area contributed by atoms with Crippen LogP contribution in [0.4, 0.5) is 13.2 Å². The molecule has 0 bridgehead atoms. The molecule has 0 heterocycles. The SMILES string of the molecule is CC(C)COCCCNCCCC(F)(F)F. The zero-order valence-electron chi connectivity index (χ0n) is 10.1. The number of ether oxygens (including phenoxy) is 1. The van der Waals surface area contributed by atoms with Gasteiger partial charge in [0.05, 0.1) is 0 Å². The summed E-state index contributed by atoms with van der Waals surface area (Å²) in [4.78, 5) is 0. The highest BCUT2D eigenvalue weighted by atomic mass is 19.4. The Hall–Kier alpha value is -0.290. The Morgan fingerprint density at radius 3 is 2.31 bits per heavy atom. The number of hydrogen-bond acceptors (Lipinski definition) is 2. The predicted molar refractivity (Wildman–Crippen MR) is 58.4 cm³/mol. The Morgan fingerprint density at radius 2 is 1.75 bits per heavy atom. The second kappa shape index (κ2) is 8.82. The second-order valence-corrected chi connectivity index (χ2v) is 4.29. The van der Waals surface area contributed by atoms with Gasteiger partial charge < -0.3 is 10.1 Å². The van der Waals surface area contributed by atoms with E-state index >= 15 is 0 Å². The highest BCUT2D eigenvalue weighted by molar-refractivity contribution is 4.54. The number of rotatable bonds is 9. The molecule has 1 N–H and O–H groups in total. The van der Waals surface area contributed by atoms with Crippen molar-refractivity contribution in [2.24, 2.45) is 5.92 Å². The molecular formula is C11H22F3NO. The molecule has 0 spiro atoms. The van der Waals surface area contributed by atoms with Crippen molar-refractivity contribution >= 4 is 0 Å². The van der Waals surface area contributed by atoms with Crippen molar-refractivity contribution in [3.8, 4) is 0 Å². The summed E-state index contributed by atoms with van der Waals surface area (Å²) < 4.78 is 40.6. The van der Waals surface area contributed by atoms with E-state index in [1.54, 1.807) is 0 Å². The minimum absolute atomic E-state index is 0.149. The molecule has 98 valence electrons. The maximum atomic E-state index is 11.8. The number of nitrogens with one attached hydrogen (secondary N) is 1. The average molecular weight is 241 g/mol. The van der Waals surface area contributed by atoms with Gasteiger partial charge in [-0.15, -0.1) is 0 Å². The van der Waals surface area contributed by atoms with Gasteiger partial charge in [-0.25, -0.2) is 0 Å². The lowest BCUT2D eigenvalue weighted by molar-refractivity contribution is -0.135. The third-order valence-corrected chi connectivity index (χ3v) is 1.91. The van der Waals surface area contributed by atoms with Crippen LogP contribution in [0, 0.1) is 5.92 Å². The predicted octanol–water partition coefficient (Wildman–Crippen LogP) is 2.98. The summed E-state index contributed by atoms with van der Waals surface area (Å²) in [5.74, 6) is 0.528. The molecule has 0 radical (unpaired) electrons.